The molecule has 1 atom stereocenters. The number of carbonyl (C=O) groups is 1. The Morgan fingerprint density at radius 2 is 2.25 bits per heavy atom. The molecule has 1 heterocycles. The lowest BCUT2D eigenvalue weighted by Gasteiger charge is -2.12. The van der Waals surface area contributed by atoms with Crippen LogP contribution in [-0.2, 0) is 11.2 Å². The number of rotatable bonds is 5. The van der Waals surface area contributed by atoms with E-state index >= 15 is 0 Å². The summed E-state index contributed by atoms with van der Waals surface area (Å²) in [5.74, 6) is 1.43. The zero-order chi connectivity index (χ0) is 12.1. The van der Waals surface area contributed by atoms with Gasteiger partial charge >= 0.3 is 0 Å². The van der Waals surface area contributed by atoms with Crippen molar-refractivity contribution in [3.05, 3.63) is 11.7 Å². The molecule has 6 heteroatoms. The minimum Gasteiger partial charge on any atom is -0.355 e. The number of hydrogen-bond donors (Lipinski definition) is 1. The van der Waals surface area contributed by atoms with Gasteiger partial charge in [-0.3, -0.25) is 4.79 Å². The molecular formula is C10H16BrN3O2. The normalized spacial score (nSPS) is 12.8. The summed E-state index contributed by atoms with van der Waals surface area (Å²) in [6.07, 6.45) is 0.584. The predicted molar refractivity (Wildman–Crippen MR) is 63.3 cm³/mol. The van der Waals surface area contributed by atoms with Crippen LogP contribution >= 0.6 is 15.9 Å². The van der Waals surface area contributed by atoms with Crippen LogP contribution in [0.15, 0.2) is 4.52 Å². The fourth-order valence-corrected chi connectivity index (χ4v) is 1.30. The summed E-state index contributed by atoms with van der Waals surface area (Å²) in [5, 5.41) is 6.56. The Balaban J connectivity index is 2.28. The number of aromatic nitrogens is 2. The van der Waals surface area contributed by atoms with Crippen LogP contribution in [-0.4, -0.2) is 27.4 Å². The lowest BCUT2D eigenvalue weighted by atomic mass is 10.1. The van der Waals surface area contributed by atoms with Crippen molar-refractivity contribution in [1.29, 1.82) is 0 Å². The van der Waals surface area contributed by atoms with Gasteiger partial charge in [-0.05, 0) is 5.92 Å². The second-order valence-corrected chi connectivity index (χ2v) is 4.90. The van der Waals surface area contributed by atoms with Crippen molar-refractivity contribution in [3.8, 4) is 0 Å². The Kier molecular flexibility index (Phi) is 4.92. The molecule has 1 aromatic heterocycles. The molecule has 1 N–H and O–H groups in total. The van der Waals surface area contributed by atoms with E-state index < -0.39 is 0 Å². The number of aryl methyl sites for hydroxylation is 1. The van der Waals surface area contributed by atoms with Gasteiger partial charge in [0.25, 0.3) is 0 Å². The maximum Gasteiger partial charge on any atom is 0.234 e. The molecule has 0 aliphatic heterocycles. The van der Waals surface area contributed by atoms with Crippen LogP contribution in [0.1, 0.15) is 25.6 Å². The van der Waals surface area contributed by atoms with Gasteiger partial charge in [0.1, 0.15) is 0 Å². The van der Waals surface area contributed by atoms with Gasteiger partial charge in [0.05, 0.1) is 4.83 Å². The van der Waals surface area contributed by atoms with Gasteiger partial charge in [-0.25, -0.2) is 0 Å². The summed E-state index contributed by atoms with van der Waals surface area (Å²) in [5.41, 5.74) is 0. The molecule has 16 heavy (non-hydrogen) atoms. The Bertz CT molecular complexity index is 352. The van der Waals surface area contributed by atoms with Gasteiger partial charge in [0.2, 0.25) is 11.8 Å². The van der Waals surface area contributed by atoms with Crippen LogP contribution in [0.3, 0.4) is 0 Å². The van der Waals surface area contributed by atoms with Crippen molar-refractivity contribution in [2.24, 2.45) is 5.92 Å². The van der Waals surface area contributed by atoms with Crippen LogP contribution in [0.4, 0.5) is 0 Å². The van der Waals surface area contributed by atoms with Crippen molar-refractivity contribution < 1.29 is 9.32 Å². The number of nitrogens with zero attached hydrogens (tertiary/aromatic N) is 2. The summed E-state index contributed by atoms with van der Waals surface area (Å²) < 4.78 is 4.82. The van der Waals surface area contributed by atoms with E-state index in [4.69, 9.17) is 4.52 Å². The smallest absolute Gasteiger partial charge is 0.234 e. The summed E-state index contributed by atoms with van der Waals surface area (Å²) in [7, 11) is 0. The monoisotopic (exact) mass is 289 g/mol. The molecule has 0 bridgehead atoms. The van der Waals surface area contributed by atoms with E-state index in [1.165, 1.54) is 0 Å². The molecule has 0 aliphatic rings. The van der Waals surface area contributed by atoms with Crippen LogP contribution in [0.5, 0.6) is 0 Å². The number of amides is 1. The first-order valence-corrected chi connectivity index (χ1v) is 6.13. The number of alkyl halides is 1. The first-order valence-electron chi connectivity index (χ1n) is 5.21. The highest BCUT2D eigenvalue weighted by Crippen LogP contribution is 2.11. The molecule has 0 radical (unpaired) electrons. The molecule has 0 saturated heterocycles. The Labute approximate surface area is 103 Å². The molecule has 0 spiro atoms. The van der Waals surface area contributed by atoms with E-state index in [0.717, 1.165) is 0 Å². The molecule has 5 nitrogen and oxygen atoms in total. The molecule has 1 unspecified atom stereocenters. The molecule has 1 rings (SSSR count). The second kappa shape index (κ2) is 5.98. The van der Waals surface area contributed by atoms with Gasteiger partial charge in [0.15, 0.2) is 5.82 Å². The summed E-state index contributed by atoms with van der Waals surface area (Å²) in [6, 6.07) is 0. The average molecular weight is 290 g/mol. The standard InChI is InChI=1S/C10H16BrN3O2/c1-6(2)9(11)10(15)12-5-4-8-13-7(3)16-14-8/h6,9H,4-5H2,1-3H3,(H,12,15). The van der Waals surface area contributed by atoms with Crippen molar-refractivity contribution in [2.45, 2.75) is 32.0 Å². The first-order chi connectivity index (χ1) is 7.50. The van der Waals surface area contributed by atoms with Gasteiger partial charge in [-0.2, -0.15) is 4.98 Å². The molecule has 1 aromatic rings. The molecule has 0 aromatic carbocycles. The highest BCUT2D eigenvalue weighted by molar-refractivity contribution is 9.10. The van der Waals surface area contributed by atoms with Crippen molar-refractivity contribution in [1.82, 2.24) is 15.5 Å². The van der Waals surface area contributed by atoms with Crippen LogP contribution in [0.25, 0.3) is 0 Å². The van der Waals surface area contributed by atoms with E-state index in [9.17, 15) is 4.79 Å². The van der Waals surface area contributed by atoms with Gasteiger partial charge in [-0.15, -0.1) is 0 Å². The van der Waals surface area contributed by atoms with Gasteiger partial charge in [0, 0.05) is 19.9 Å². The lowest BCUT2D eigenvalue weighted by molar-refractivity contribution is -0.121. The minimum absolute atomic E-state index is 0.00443. The third kappa shape index (κ3) is 3.92. The predicted octanol–water partition coefficient (Wildman–Crippen LogP) is 1.46. The fourth-order valence-electron chi connectivity index (χ4n) is 1.14. The zero-order valence-electron chi connectivity index (χ0n) is 9.66. The zero-order valence-corrected chi connectivity index (χ0v) is 11.2. The maximum absolute atomic E-state index is 11.6. The molecular weight excluding hydrogens is 274 g/mol. The SMILES string of the molecule is Cc1nc(CCNC(=O)C(Br)C(C)C)no1. The average Bonchev–Trinajstić information content (AvgIpc) is 2.62. The van der Waals surface area contributed by atoms with Crippen molar-refractivity contribution in [2.75, 3.05) is 6.54 Å². The van der Waals surface area contributed by atoms with E-state index in [2.05, 4.69) is 31.4 Å². The largest absolute Gasteiger partial charge is 0.355 e. The Hall–Kier alpha value is -0.910. The van der Waals surface area contributed by atoms with Crippen LogP contribution in [0.2, 0.25) is 0 Å². The minimum atomic E-state index is -0.153. The summed E-state index contributed by atoms with van der Waals surface area (Å²) in [4.78, 5) is 15.5. The molecule has 0 aliphatic carbocycles. The maximum atomic E-state index is 11.6. The molecule has 0 saturated carbocycles. The first kappa shape index (κ1) is 13.2. The Morgan fingerprint density at radius 3 is 2.75 bits per heavy atom. The molecule has 1 amide bonds. The number of halogens is 1. The van der Waals surface area contributed by atoms with Crippen LogP contribution in [0, 0.1) is 12.8 Å². The third-order valence-corrected chi connectivity index (χ3v) is 3.53. The van der Waals surface area contributed by atoms with Crippen LogP contribution < -0.4 is 5.32 Å². The quantitative estimate of drug-likeness (QED) is 0.834. The number of nitrogens with one attached hydrogen (secondary N) is 1. The van der Waals surface area contributed by atoms with Crippen molar-refractivity contribution in [3.63, 3.8) is 0 Å². The van der Waals surface area contributed by atoms with E-state index in [-0.39, 0.29) is 16.7 Å². The van der Waals surface area contributed by atoms with Gasteiger partial charge < -0.3 is 9.84 Å². The highest BCUT2D eigenvalue weighted by Gasteiger charge is 2.17. The topological polar surface area (TPSA) is 68.0 Å². The summed E-state index contributed by atoms with van der Waals surface area (Å²) in [6.45, 7) is 6.23. The molecule has 90 valence electrons. The lowest BCUT2D eigenvalue weighted by Crippen LogP contribution is -2.35. The third-order valence-electron chi connectivity index (χ3n) is 2.05. The van der Waals surface area contributed by atoms with Crippen molar-refractivity contribution >= 4 is 21.8 Å². The highest BCUT2D eigenvalue weighted by atomic mass is 79.9. The number of carbonyl (C=O) groups excluding carboxylic acids is 1. The molecule has 0 fully saturated rings. The fraction of sp³-hybridized carbons (Fsp3) is 0.700. The summed E-state index contributed by atoms with van der Waals surface area (Å²) >= 11 is 3.34. The Morgan fingerprint density at radius 1 is 1.56 bits per heavy atom. The van der Waals surface area contributed by atoms with E-state index in [1.54, 1.807) is 6.92 Å². The second-order valence-electron chi connectivity index (χ2n) is 3.92. The number of hydrogen-bond acceptors (Lipinski definition) is 4. The van der Waals surface area contributed by atoms with E-state index in [0.29, 0.717) is 24.7 Å². The van der Waals surface area contributed by atoms with E-state index in [1.807, 2.05) is 13.8 Å². The van der Waals surface area contributed by atoms with Gasteiger partial charge in [-0.1, -0.05) is 34.9 Å².